The zero-order chi connectivity index (χ0) is 15.6. The Kier molecular flexibility index (Phi) is 5.17. The minimum atomic E-state index is -3.96. The molecular formula is C14H16Cl2O4S. The lowest BCUT2D eigenvalue weighted by Gasteiger charge is -2.24. The van der Waals surface area contributed by atoms with Gasteiger partial charge in [-0.25, -0.2) is 13.2 Å². The van der Waals surface area contributed by atoms with Crippen molar-refractivity contribution in [3.05, 3.63) is 28.3 Å². The van der Waals surface area contributed by atoms with Gasteiger partial charge in [-0.1, -0.05) is 30.9 Å². The van der Waals surface area contributed by atoms with Crippen LogP contribution in [0.3, 0.4) is 0 Å². The summed E-state index contributed by atoms with van der Waals surface area (Å²) in [5.74, 6) is 0.0518. The fourth-order valence-electron chi connectivity index (χ4n) is 2.21. The molecule has 0 amide bonds. The minimum Gasteiger partial charge on any atom is -0.462 e. The second-order valence-corrected chi connectivity index (χ2v) is 8.18. The first-order valence-corrected chi connectivity index (χ1v) is 9.39. The SMILES string of the molecule is Cc1c(Cl)cc(C(=O)OCCC2CCC2)cc1S(=O)(=O)Cl. The molecule has 0 N–H and O–H groups in total. The topological polar surface area (TPSA) is 60.4 Å². The van der Waals surface area contributed by atoms with E-state index in [9.17, 15) is 13.2 Å². The lowest BCUT2D eigenvalue weighted by molar-refractivity contribution is 0.0464. The molecule has 1 fully saturated rings. The predicted octanol–water partition coefficient (Wildman–Crippen LogP) is 3.92. The smallest absolute Gasteiger partial charge is 0.338 e. The molecule has 0 bridgehead atoms. The van der Waals surface area contributed by atoms with Crippen LogP contribution in [0.2, 0.25) is 5.02 Å². The third-order valence-corrected chi connectivity index (χ3v) is 5.62. The van der Waals surface area contributed by atoms with E-state index in [1.807, 2.05) is 0 Å². The Morgan fingerprint density at radius 3 is 2.57 bits per heavy atom. The Balaban J connectivity index is 2.11. The van der Waals surface area contributed by atoms with Crippen molar-refractivity contribution in [1.29, 1.82) is 0 Å². The monoisotopic (exact) mass is 350 g/mol. The van der Waals surface area contributed by atoms with Gasteiger partial charge in [0.15, 0.2) is 0 Å². The van der Waals surface area contributed by atoms with Gasteiger partial charge >= 0.3 is 5.97 Å². The molecule has 0 aliphatic heterocycles. The Morgan fingerprint density at radius 1 is 1.38 bits per heavy atom. The van der Waals surface area contributed by atoms with Crippen molar-refractivity contribution < 1.29 is 17.9 Å². The number of esters is 1. The number of rotatable bonds is 5. The van der Waals surface area contributed by atoms with Crippen LogP contribution in [-0.4, -0.2) is 21.0 Å². The predicted molar refractivity (Wildman–Crippen MR) is 81.5 cm³/mol. The second kappa shape index (κ2) is 6.55. The van der Waals surface area contributed by atoms with E-state index in [2.05, 4.69) is 0 Å². The summed E-state index contributed by atoms with van der Waals surface area (Å²) in [7, 11) is 1.39. The number of carbonyl (C=O) groups excluding carboxylic acids is 1. The van der Waals surface area contributed by atoms with E-state index in [1.54, 1.807) is 0 Å². The Hall–Kier alpha value is -0.780. The average molecular weight is 351 g/mol. The first-order valence-electron chi connectivity index (χ1n) is 6.71. The zero-order valence-electron chi connectivity index (χ0n) is 11.6. The van der Waals surface area contributed by atoms with Gasteiger partial charge in [-0.15, -0.1) is 0 Å². The van der Waals surface area contributed by atoms with Crippen molar-refractivity contribution in [3.8, 4) is 0 Å². The van der Waals surface area contributed by atoms with Crippen LogP contribution in [0.25, 0.3) is 0 Å². The maximum atomic E-state index is 12.0. The molecule has 1 aromatic carbocycles. The van der Waals surface area contributed by atoms with Crippen molar-refractivity contribution in [2.45, 2.75) is 37.5 Å². The summed E-state index contributed by atoms with van der Waals surface area (Å²) in [5, 5.41) is 0.169. The molecular weight excluding hydrogens is 335 g/mol. The first kappa shape index (κ1) is 16.6. The standard InChI is InChI=1S/C14H16Cl2O4S/c1-9-12(15)7-11(8-13(9)21(16,18)19)14(17)20-6-5-10-3-2-4-10/h7-8,10H,2-6H2,1H3. The van der Waals surface area contributed by atoms with Crippen molar-refractivity contribution in [2.24, 2.45) is 5.92 Å². The summed E-state index contributed by atoms with van der Waals surface area (Å²) < 4.78 is 28.1. The summed E-state index contributed by atoms with van der Waals surface area (Å²) in [6.45, 7) is 1.86. The summed E-state index contributed by atoms with van der Waals surface area (Å²) in [6.07, 6.45) is 4.44. The van der Waals surface area contributed by atoms with Gasteiger partial charge in [-0.2, -0.15) is 0 Å². The van der Waals surface area contributed by atoms with Crippen LogP contribution >= 0.6 is 22.3 Å². The molecule has 0 spiro atoms. The number of carbonyl (C=O) groups is 1. The molecule has 1 aromatic rings. The van der Waals surface area contributed by atoms with E-state index < -0.39 is 15.0 Å². The maximum Gasteiger partial charge on any atom is 0.338 e. The second-order valence-electron chi connectivity index (χ2n) is 5.24. The quantitative estimate of drug-likeness (QED) is 0.596. The molecule has 0 saturated heterocycles. The molecule has 1 aliphatic rings. The Bertz CT molecular complexity index is 651. The van der Waals surface area contributed by atoms with Gasteiger partial charge in [0.05, 0.1) is 17.1 Å². The summed E-state index contributed by atoms with van der Waals surface area (Å²) in [4.78, 5) is 11.8. The number of ether oxygens (including phenoxy) is 1. The molecule has 21 heavy (non-hydrogen) atoms. The molecule has 0 radical (unpaired) electrons. The van der Waals surface area contributed by atoms with Gasteiger partial charge < -0.3 is 4.74 Å². The highest BCUT2D eigenvalue weighted by Crippen LogP contribution is 2.30. The number of hydrogen-bond donors (Lipinski definition) is 0. The summed E-state index contributed by atoms with van der Waals surface area (Å²) in [5.41, 5.74) is 0.413. The highest BCUT2D eigenvalue weighted by Gasteiger charge is 2.21. The van der Waals surface area contributed by atoms with Crippen LogP contribution in [0, 0.1) is 12.8 Å². The highest BCUT2D eigenvalue weighted by molar-refractivity contribution is 8.13. The van der Waals surface area contributed by atoms with E-state index in [-0.39, 0.29) is 15.5 Å². The Morgan fingerprint density at radius 2 is 2.05 bits per heavy atom. The first-order chi connectivity index (χ1) is 9.79. The van der Waals surface area contributed by atoms with Crippen LogP contribution in [-0.2, 0) is 13.8 Å². The van der Waals surface area contributed by atoms with Crippen LogP contribution < -0.4 is 0 Å². The molecule has 0 atom stereocenters. The average Bonchev–Trinajstić information content (AvgIpc) is 2.33. The van der Waals surface area contributed by atoms with Gasteiger partial charge in [0.25, 0.3) is 9.05 Å². The number of halogens is 2. The van der Waals surface area contributed by atoms with Gasteiger partial charge in [-0.05, 0) is 37.0 Å². The largest absolute Gasteiger partial charge is 0.462 e. The molecule has 116 valence electrons. The third-order valence-electron chi connectivity index (χ3n) is 3.78. The molecule has 1 aliphatic carbocycles. The van der Waals surface area contributed by atoms with Crippen molar-refractivity contribution in [3.63, 3.8) is 0 Å². The normalized spacial score (nSPS) is 15.6. The van der Waals surface area contributed by atoms with Crippen LogP contribution in [0.4, 0.5) is 0 Å². The zero-order valence-corrected chi connectivity index (χ0v) is 13.9. The lowest BCUT2D eigenvalue weighted by Crippen LogP contribution is -2.15. The minimum absolute atomic E-state index is 0.0958. The van der Waals surface area contributed by atoms with Gasteiger partial charge in [0.1, 0.15) is 0 Å². The molecule has 0 unspecified atom stereocenters. The molecule has 4 nitrogen and oxygen atoms in total. The molecule has 2 rings (SSSR count). The molecule has 7 heteroatoms. The maximum absolute atomic E-state index is 12.0. The highest BCUT2D eigenvalue weighted by atomic mass is 35.7. The fourth-order valence-corrected chi connectivity index (χ4v) is 3.71. The van der Waals surface area contributed by atoms with Crippen molar-refractivity contribution >= 4 is 37.3 Å². The van der Waals surface area contributed by atoms with Gasteiger partial charge in [0, 0.05) is 15.7 Å². The third kappa shape index (κ3) is 4.11. The molecule has 0 aromatic heterocycles. The van der Waals surface area contributed by atoms with Gasteiger partial charge in [0.2, 0.25) is 0 Å². The van der Waals surface area contributed by atoms with E-state index >= 15 is 0 Å². The van der Waals surface area contributed by atoms with E-state index in [0.717, 1.165) is 6.42 Å². The van der Waals surface area contributed by atoms with E-state index in [1.165, 1.54) is 38.3 Å². The summed E-state index contributed by atoms with van der Waals surface area (Å²) >= 11 is 5.95. The van der Waals surface area contributed by atoms with Crippen LogP contribution in [0.15, 0.2) is 17.0 Å². The fraction of sp³-hybridized carbons (Fsp3) is 0.500. The molecule has 1 saturated carbocycles. The number of hydrogen-bond acceptors (Lipinski definition) is 4. The summed E-state index contributed by atoms with van der Waals surface area (Å²) in [6, 6.07) is 2.60. The van der Waals surface area contributed by atoms with Crippen molar-refractivity contribution in [2.75, 3.05) is 6.61 Å². The van der Waals surface area contributed by atoms with E-state index in [0.29, 0.717) is 18.1 Å². The van der Waals surface area contributed by atoms with Crippen LogP contribution in [0.5, 0.6) is 0 Å². The van der Waals surface area contributed by atoms with Crippen molar-refractivity contribution in [1.82, 2.24) is 0 Å². The van der Waals surface area contributed by atoms with Gasteiger partial charge in [-0.3, -0.25) is 0 Å². The Labute approximate surface area is 133 Å². The molecule has 0 heterocycles. The lowest BCUT2D eigenvalue weighted by atomic mass is 9.83. The number of benzene rings is 1. The van der Waals surface area contributed by atoms with Crippen LogP contribution in [0.1, 0.15) is 41.6 Å². The van der Waals surface area contributed by atoms with E-state index in [4.69, 9.17) is 27.0 Å².